The lowest BCUT2D eigenvalue weighted by atomic mass is 9.50. The first-order chi connectivity index (χ1) is 9.06. The van der Waals surface area contributed by atoms with Crippen LogP contribution in [0.1, 0.15) is 48.2 Å². The first-order valence-electron chi connectivity index (χ1n) is 7.21. The second-order valence-electron chi connectivity index (χ2n) is 7.04. The first-order valence-corrected chi connectivity index (χ1v) is 8.09. The number of rotatable bonds is 2. The Labute approximate surface area is 117 Å². The molecule has 4 bridgehead atoms. The van der Waals surface area contributed by atoms with Gasteiger partial charge in [-0.05, 0) is 61.8 Å². The Morgan fingerprint density at radius 1 is 1.32 bits per heavy atom. The third-order valence-electron chi connectivity index (χ3n) is 5.23. The molecule has 0 aromatic carbocycles. The van der Waals surface area contributed by atoms with Crippen molar-refractivity contribution in [2.45, 2.75) is 49.6 Å². The highest BCUT2D eigenvalue weighted by atomic mass is 32.1. The van der Waals surface area contributed by atoms with Crippen LogP contribution in [0.5, 0.6) is 0 Å². The van der Waals surface area contributed by atoms with Crippen LogP contribution >= 0.6 is 11.3 Å². The largest absolute Gasteiger partial charge is 0.346 e. The van der Waals surface area contributed by atoms with Gasteiger partial charge in [-0.15, -0.1) is 11.3 Å². The van der Waals surface area contributed by atoms with Gasteiger partial charge in [0.05, 0.1) is 4.88 Å². The Hall–Kier alpha value is -0.870. The third-order valence-corrected chi connectivity index (χ3v) is 6.10. The number of carbonyl (C=O) groups is 1. The van der Waals surface area contributed by atoms with E-state index in [1.807, 2.05) is 17.5 Å². The van der Waals surface area contributed by atoms with Crippen molar-refractivity contribution < 1.29 is 4.79 Å². The Morgan fingerprint density at radius 2 is 2.05 bits per heavy atom. The summed E-state index contributed by atoms with van der Waals surface area (Å²) in [5, 5.41) is 5.30. The van der Waals surface area contributed by atoms with Crippen LogP contribution in [0.15, 0.2) is 17.5 Å². The fourth-order valence-electron chi connectivity index (χ4n) is 5.19. The van der Waals surface area contributed by atoms with Crippen molar-refractivity contribution in [2.75, 3.05) is 0 Å². The molecule has 3 nitrogen and oxygen atoms in total. The fourth-order valence-corrected chi connectivity index (χ4v) is 5.81. The Kier molecular flexibility index (Phi) is 2.40. The summed E-state index contributed by atoms with van der Waals surface area (Å²) >= 11 is 1.52. The molecule has 4 aliphatic carbocycles. The number of amides is 1. The van der Waals surface area contributed by atoms with Crippen LogP contribution in [-0.2, 0) is 0 Å². The first kappa shape index (κ1) is 11.9. The highest BCUT2D eigenvalue weighted by molar-refractivity contribution is 7.12. The number of thiophene rings is 1. The van der Waals surface area contributed by atoms with Crippen LogP contribution < -0.4 is 11.1 Å². The van der Waals surface area contributed by atoms with Crippen molar-refractivity contribution in [3.63, 3.8) is 0 Å². The lowest BCUT2D eigenvalue weighted by Crippen LogP contribution is -2.68. The Balaban J connectivity index is 1.59. The third kappa shape index (κ3) is 1.93. The van der Waals surface area contributed by atoms with Gasteiger partial charge in [0.25, 0.3) is 5.91 Å². The lowest BCUT2D eigenvalue weighted by Gasteiger charge is -2.61. The van der Waals surface area contributed by atoms with Gasteiger partial charge in [0, 0.05) is 11.1 Å². The summed E-state index contributed by atoms with van der Waals surface area (Å²) in [5.41, 5.74) is 6.53. The van der Waals surface area contributed by atoms with Crippen molar-refractivity contribution in [1.82, 2.24) is 5.32 Å². The zero-order chi connectivity index (χ0) is 13.1. The van der Waals surface area contributed by atoms with Crippen LogP contribution in [0, 0.1) is 11.8 Å². The molecule has 2 atom stereocenters. The lowest BCUT2D eigenvalue weighted by molar-refractivity contribution is -0.0320. The molecule has 1 aromatic heterocycles. The normalized spacial score (nSPS) is 43.4. The molecule has 4 aliphatic rings. The monoisotopic (exact) mass is 276 g/mol. The van der Waals surface area contributed by atoms with Crippen LogP contribution in [0.25, 0.3) is 0 Å². The second kappa shape index (κ2) is 3.83. The highest BCUT2D eigenvalue weighted by Gasteiger charge is 2.56. The average Bonchev–Trinajstić information content (AvgIpc) is 2.77. The van der Waals surface area contributed by atoms with Crippen molar-refractivity contribution in [2.24, 2.45) is 17.6 Å². The highest BCUT2D eigenvalue weighted by Crippen LogP contribution is 2.56. The molecule has 4 heteroatoms. The second-order valence-corrected chi connectivity index (χ2v) is 7.98. The number of hydrogen-bond donors (Lipinski definition) is 2. The van der Waals surface area contributed by atoms with Crippen molar-refractivity contribution in [3.8, 4) is 0 Å². The molecule has 5 rings (SSSR count). The molecular formula is C15H20N2OS. The minimum atomic E-state index is -0.0140. The zero-order valence-electron chi connectivity index (χ0n) is 11.0. The molecule has 102 valence electrons. The van der Waals surface area contributed by atoms with Gasteiger partial charge in [0.1, 0.15) is 0 Å². The van der Waals surface area contributed by atoms with Crippen LogP contribution in [0.2, 0.25) is 0 Å². The van der Waals surface area contributed by atoms with Crippen LogP contribution in [-0.4, -0.2) is 17.0 Å². The molecular weight excluding hydrogens is 256 g/mol. The van der Waals surface area contributed by atoms with Gasteiger partial charge in [0.2, 0.25) is 0 Å². The zero-order valence-corrected chi connectivity index (χ0v) is 11.8. The number of nitrogens with one attached hydrogen (secondary N) is 1. The summed E-state index contributed by atoms with van der Waals surface area (Å²) in [5.74, 6) is 1.56. The molecule has 4 saturated carbocycles. The smallest absolute Gasteiger partial charge is 0.261 e. The van der Waals surface area contributed by atoms with Gasteiger partial charge in [-0.3, -0.25) is 4.79 Å². The number of nitrogens with two attached hydrogens (primary N) is 1. The quantitative estimate of drug-likeness (QED) is 0.872. The number of carbonyl (C=O) groups excluding carboxylic acids is 1. The predicted octanol–water partition coefficient (Wildman–Crippen LogP) is 2.53. The molecule has 0 saturated heterocycles. The predicted molar refractivity (Wildman–Crippen MR) is 76.1 cm³/mol. The fraction of sp³-hybridized carbons (Fsp3) is 0.667. The molecule has 1 aromatic rings. The van der Waals surface area contributed by atoms with E-state index in [4.69, 9.17) is 5.73 Å². The minimum Gasteiger partial charge on any atom is -0.346 e. The molecule has 1 heterocycles. The maximum absolute atomic E-state index is 12.4. The van der Waals surface area contributed by atoms with Crippen LogP contribution in [0.4, 0.5) is 0 Å². The minimum absolute atomic E-state index is 0.00713. The van der Waals surface area contributed by atoms with Crippen molar-refractivity contribution in [1.29, 1.82) is 0 Å². The number of hydrogen-bond acceptors (Lipinski definition) is 3. The van der Waals surface area contributed by atoms with Gasteiger partial charge < -0.3 is 11.1 Å². The van der Waals surface area contributed by atoms with E-state index < -0.39 is 0 Å². The summed E-state index contributed by atoms with van der Waals surface area (Å²) in [6, 6.07) is 3.84. The van der Waals surface area contributed by atoms with E-state index in [-0.39, 0.29) is 17.0 Å². The molecule has 4 fully saturated rings. The van der Waals surface area contributed by atoms with Gasteiger partial charge in [0.15, 0.2) is 0 Å². The van der Waals surface area contributed by atoms with Crippen molar-refractivity contribution in [3.05, 3.63) is 22.4 Å². The summed E-state index contributed by atoms with van der Waals surface area (Å²) in [6.45, 7) is 0. The Bertz CT molecular complexity index is 496. The maximum atomic E-state index is 12.4. The van der Waals surface area contributed by atoms with E-state index in [0.717, 1.165) is 36.0 Å². The molecule has 2 unspecified atom stereocenters. The summed E-state index contributed by atoms with van der Waals surface area (Å²) in [6.07, 6.45) is 6.92. The molecule has 3 N–H and O–H groups in total. The summed E-state index contributed by atoms with van der Waals surface area (Å²) < 4.78 is 0. The molecule has 0 spiro atoms. The van der Waals surface area contributed by atoms with Crippen molar-refractivity contribution >= 4 is 17.2 Å². The SMILES string of the molecule is NC12CC3CC(C1)CC(NC(=O)c1cccs1)(C3)C2. The summed E-state index contributed by atoms with van der Waals surface area (Å²) in [7, 11) is 0. The van der Waals surface area contributed by atoms with E-state index in [9.17, 15) is 4.79 Å². The van der Waals surface area contributed by atoms with Crippen LogP contribution in [0.3, 0.4) is 0 Å². The molecule has 0 aliphatic heterocycles. The van der Waals surface area contributed by atoms with E-state index in [0.29, 0.717) is 0 Å². The van der Waals surface area contributed by atoms with Gasteiger partial charge in [-0.1, -0.05) is 6.07 Å². The van der Waals surface area contributed by atoms with Gasteiger partial charge in [-0.25, -0.2) is 0 Å². The van der Waals surface area contributed by atoms with E-state index in [2.05, 4.69) is 5.32 Å². The standard InChI is InChI=1S/C15H20N2OS/c16-14-5-10-4-11(6-14)8-15(7-10,9-14)17-13(18)12-2-1-3-19-12/h1-3,10-11H,4-9,16H2,(H,17,18). The van der Waals surface area contributed by atoms with E-state index in [1.54, 1.807) is 0 Å². The average molecular weight is 276 g/mol. The van der Waals surface area contributed by atoms with E-state index in [1.165, 1.54) is 30.6 Å². The molecule has 0 radical (unpaired) electrons. The molecule has 19 heavy (non-hydrogen) atoms. The van der Waals surface area contributed by atoms with Gasteiger partial charge in [-0.2, -0.15) is 0 Å². The Morgan fingerprint density at radius 3 is 2.63 bits per heavy atom. The van der Waals surface area contributed by atoms with Gasteiger partial charge >= 0.3 is 0 Å². The summed E-state index contributed by atoms with van der Waals surface area (Å²) in [4.78, 5) is 13.2. The van der Waals surface area contributed by atoms with E-state index >= 15 is 0 Å². The molecule has 1 amide bonds. The topological polar surface area (TPSA) is 55.1 Å². The maximum Gasteiger partial charge on any atom is 0.261 e.